The van der Waals surface area contributed by atoms with E-state index in [4.69, 9.17) is 9.16 Å². The van der Waals surface area contributed by atoms with Crippen LogP contribution in [-0.4, -0.2) is 26.6 Å². The average Bonchev–Trinajstić information content (AvgIpc) is 2.26. The first-order chi connectivity index (χ1) is 9.81. The summed E-state index contributed by atoms with van der Waals surface area (Å²) in [5.41, 5.74) is 0.224. The standard InChI is InChI=1S/C19H39O2Si/c1-17(13-16-22(8,9)21-19(5,6)7)20-15-12-10-11-14-18(2,3)4/h10-11,14,17H,12-13,15-16H2,1-9H3/b11-10+. The highest BCUT2D eigenvalue weighted by Gasteiger charge is 2.28. The largest absolute Gasteiger partial charge is 0.413 e. The van der Waals surface area contributed by atoms with Crippen molar-refractivity contribution in [2.75, 3.05) is 6.61 Å². The molecule has 0 aromatic rings. The SMILES string of the molecule is CC(CC[Si](C)(C)OC(C)(C)C)OCC/C=C/[CH]C(C)(C)C. The van der Waals surface area contributed by atoms with Crippen molar-refractivity contribution in [1.29, 1.82) is 0 Å². The molecule has 1 radical (unpaired) electrons. The van der Waals surface area contributed by atoms with Gasteiger partial charge in [0.2, 0.25) is 0 Å². The van der Waals surface area contributed by atoms with Gasteiger partial charge in [0.15, 0.2) is 8.32 Å². The summed E-state index contributed by atoms with van der Waals surface area (Å²) in [5, 5.41) is 0. The summed E-state index contributed by atoms with van der Waals surface area (Å²) < 4.78 is 12.1. The van der Waals surface area contributed by atoms with Crippen LogP contribution in [0.4, 0.5) is 0 Å². The van der Waals surface area contributed by atoms with Crippen LogP contribution in [0, 0.1) is 11.8 Å². The number of rotatable bonds is 9. The molecule has 0 fully saturated rings. The van der Waals surface area contributed by atoms with E-state index in [2.05, 4.69) is 80.1 Å². The summed E-state index contributed by atoms with van der Waals surface area (Å²) in [6.07, 6.45) is 8.97. The fourth-order valence-corrected chi connectivity index (χ4v) is 5.17. The molecule has 0 heterocycles. The number of hydrogen-bond acceptors (Lipinski definition) is 2. The van der Waals surface area contributed by atoms with Gasteiger partial charge in [0.25, 0.3) is 0 Å². The summed E-state index contributed by atoms with van der Waals surface area (Å²) in [7, 11) is -1.58. The van der Waals surface area contributed by atoms with Gasteiger partial charge in [-0.2, -0.15) is 0 Å². The van der Waals surface area contributed by atoms with Gasteiger partial charge in [-0.05, 0) is 71.5 Å². The van der Waals surface area contributed by atoms with Crippen LogP contribution in [0.15, 0.2) is 12.2 Å². The lowest BCUT2D eigenvalue weighted by molar-refractivity contribution is 0.0638. The Morgan fingerprint density at radius 3 is 2.14 bits per heavy atom. The number of ether oxygens (including phenoxy) is 1. The molecule has 0 aliphatic carbocycles. The Morgan fingerprint density at radius 1 is 1.05 bits per heavy atom. The Morgan fingerprint density at radius 2 is 1.64 bits per heavy atom. The first kappa shape index (κ1) is 21.9. The maximum atomic E-state index is 6.23. The topological polar surface area (TPSA) is 18.5 Å². The molecule has 0 aliphatic rings. The molecule has 0 amide bonds. The van der Waals surface area contributed by atoms with Crippen LogP contribution in [0.3, 0.4) is 0 Å². The molecular weight excluding hydrogens is 288 g/mol. The van der Waals surface area contributed by atoms with E-state index in [9.17, 15) is 0 Å². The highest BCUT2D eigenvalue weighted by molar-refractivity contribution is 6.71. The van der Waals surface area contributed by atoms with Crippen LogP contribution in [0.1, 0.15) is 61.3 Å². The van der Waals surface area contributed by atoms with Crippen molar-refractivity contribution in [3.05, 3.63) is 18.6 Å². The Bertz CT molecular complexity index is 321. The smallest absolute Gasteiger partial charge is 0.187 e. The molecule has 0 bridgehead atoms. The molecule has 0 aliphatic heterocycles. The van der Waals surface area contributed by atoms with Gasteiger partial charge in [0, 0.05) is 5.60 Å². The molecule has 131 valence electrons. The van der Waals surface area contributed by atoms with Gasteiger partial charge in [-0.1, -0.05) is 32.9 Å². The van der Waals surface area contributed by atoms with E-state index < -0.39 is 8.32 Å². The van der Waals surface area contributed by atoms with Crippen LogP contribution in [0.25, 0.3) is 0 Å². The zero-order valence-electron chi connectivity index (χ0n) is 16.5. The van der Waals surface area contributed by atoms with Crippen molar-refractivity contribution in [1.82, 2.24) is 0 Å². The normalized spacial score (nSPS) is 15.5. The highest BCUT2D eigenvalue weighted by atomic mass is 28.4. The highest BCUT2D eigenvalue weighted by Crippen LogP contribution is 2.23. The zero-order valence-corrected chi connectivity index (χ0v) is 17.5. The fourth-order valence-electron chi connectivity index (χ4n) is 2.30. The second kappa shape index (κ2) is 9.24. The van der Waals surface area contributed by atoms with Crippen molar-refractivity contribution in [2.24, 2.45) is 5.41 Å². The third kappa shape index (κ3) is 14.8. The molecule has 0 rings (SSSR count). The van der Waals surface area contributed by atoms with E-state index in [0.717, 1.165) is 25.5 Å². The molecule has 1 atom stereocenters. The Kier molecular flexibility index (Phi) is 9.19. The Labute approximate surface area is 140 Å². The maximum absolute atomic E-state index is 6.23. The van der Waals surface area contributed by atoms with Crippen molar-refractivity contribution in [3.63, 3.8) is 0 Å². The second-order valence-corrected chi connectivity index (χ2v) is 13.2. The molecule has 0 saturated carbocycles. The average molecular weight is 328 g/mol. The second-order valence-electron chi connectivity index (χ2n) is 8.94. The van der Waals surface area contributed by atoms with Crippen LogP contribution in [-0.2, 0) is 9.16 Å². The summed E-state index contributed by atoms with van der Waals surface area (Å²) in [4.78, 5) is 0. The van der Waals surface area contributed by atoms with Crippen LogP contribution < -0.4 is 0 Å². The van der Waals surface area contributed by atoms with Gasteiger partial charge in [-0.15, -0.1) is 0 Å². The summed E-state index contributed by atoms with van der Waals surface area (Å²) >= 11 is 0. The molecule has 0 spiro atoms. The van der Waals surface area contributed by atoms with Crippen molar-refractivity contribution < 1.29 is 9.16 Å². The minimum absolute atomic E-state index is 0.0336. The van der Waals surface area contributed by atoms with Gasteiger partial charge < -0.3 is 9.16 Å². The van der Waals surface area contributed by atoms with E-state index >= 15 is 0 Å². The first-order valence-electron chi connectivity index (χ1n) is 8.64. The Hall–Kier alpha value is -0.123. The molecule has 2 nitrogen and oxygen atoms in total. The van der Waals surface area contributed by atoms with E-state index in [1.165, 1.54) is 0 Å². The first-order valence-corrected chi connectivity index (χ1v) is 11.8. The van der Waals surface area contributed by atoms with Gasteiger partial charge in [0.1, 0.15) is 0 Å². The van der Waals surface area contributed by atoms with Crippen molar-refractivity contribution >= 4 is 8.32 Å². The maximum Gasteiger partial charge on any atom is 0.187 e. The molecular formula is C19H39O2Si. The molecule has 3 heteroatoms. The van der Waals surface area contributed by atoms with E-state index in [-0.39, 0.29) is 11.0 Å². The fraction of sp³-hybridized carbons (Fsp3) is 0.842. The van der Waals surface area contributed by atoms with Crippen molar-refractivity contribution in [3.8, 4) is 0 Å². The molecule has 22 heavy (non-hydrogen) atoms. The van der Waals surface area contributed by atoms with Crippen LogP contribution in [0.2, 0.25) is 19.1 Å². The quantitative estimate of drug-likeness (QED) is 0.382. The van der Waals surface area contributed by atoms with E-state index in [1.807, 2.05) is 0 Å². The van der Waals surface area contributed by atoms with Gasteiger partial charge in [-0.25, -0.2) is 0 Å². The lowest BCUT2D eigenvalue weighted by Crippen LogP contribution is -2.39. The summed E-state index contributed by atoms with van der Waals surface area (Å²) in [6.45, 7) is 20.6. The molecule has 0 aromatic heterocycles. The van der Waals surface area contributed by atoms with E-state index in [1.54, 1.807) is 0 Å². The van der Waals surface area contributed by atoms with Gasteiger partial charge in [0.05, 0.1) is 12.7 Å². The van der Waals surface area contributed by atoms with Crippen molar-refractivity contribution in [2.45, 2.75) is 92.2 Å². The van der Waals surface area contributed by atoms with Gasteiger partial charge >= 0.3 is 0 Å². The van der Waals surface area contributed by atoms with Crippen LogP contribution >= 0.6 is 0 Å². The summed E-state index contributed by atoms with van der Waals surface area (Å²) in [6, 6.07) is 1.15. The van der Waals surface area contributed by atoms with Crippen LogP contribution in [0.5, 0.6) is 0 Å². The lowest BCUT2D eigenvalue weighted by Gasteiger charge is -2.33. The number of allylic oxidation sites excluding steroid dienone is 1. The lowest BCUT2D eigenvalue weighted by atomic mass is 9.92. The third-order valence-corrected chi connectivity index (χ3v) is 5.81. The molecule has 1 unspecified atom stereocenters. The molecule has 0 aromatic carbocycles. The zero-order chi connectivity index (χ0) is 17.4. The number of hydrogen-bond donors (Lipinski definition) is 0. The minimum Gasteiger partial charge on any atom is -0.413 e. The summed E-state index contributed by atoms with van der Waals surface area (Å²) in [5.74, 6) is 0. The van der Waals surface area contributed by atoms with E-state index in [0.29, 0.717) is 6.10 Å². The molecule has 0 saturated heterocycles. The minimum atomic E-state index is -1.58. The van der Waals surface area contributed by atoms with Gasteiger partial charge in [-0.3, -0.25) is 0 Å². The third-order valence-electron chi connectivity index (χ3n) is 3.15. The monoisotopic (exact) mass is 327 g/mol. The Balaban J connectivity index is 3.85. The predicted octanol–water partition coefficient (Wildman–Crippen LogP) is 6.00. The predicted molar refractivity (Wildman–Crippen MR) is 101 cm³/mol. The molecule has 0 N–H and O–H groups in total.